The van der Waals surface area contributed by atoms with Gasteiger partial charge in [-0.15, -0.1) is 0 Å². The van der Waals surface area contributed by atoms with E-state index in [1.54, 1.807) is 0 Å². The van der Waals surface area contributed by atoms with Crippen molar-refractivity contribution in [1.29, 1.82) is 0 Å². The summed E-state index contributed by atoms with van der Waals surface area (Å²) in [5, 5.41) is 4.54. The molecule has 0 aliphatic rings. The van der Waals surface area contributed by atoms with Crippen LogP contribution < -0.4 is 0 Å². The van der Waals surface area contributed by atoms with E-state index in [0.717, 1.165) is 11.4 Å². The van der Waals surface area contributed by atoms with Crippen LogP contribution in [0.25, 0.3) is 5.32 Å². The molecule has 0 aliphatic heterocycles. The Hall–Kier alpha value is -1.31. The van der Waals surface area contributed by atoms with Gasteiger partial charge in [-0.25, -0.2) is 0 Å². The molecule has 0 amide bonds. The quantitative estimate of drug-likeness (QED) is 0.530. The normalized spacial score (nSPS) is 12.3. The molecule has 2 nitrogen and oxygen atoms in total. The molecule has 0 fully saturated rings. The highest BCUT2D eigenvalue weighted by atomic mass is 15.0. The molecule has 0 saturated heterocycles. The van der Waals surface area contributed by atoms with E-state index in [1.807, 2.05) is 30.3 Å². The van der Waals surface area contributed by atoms with E-state index in [9.17, 15) is 0 Å². The summed E-state index contributed by atoms with van der Waals surface area (Å²) in [4.78, 5) is 4.54. The van der Waals surface area contributed by atoms with Gasteiger partial charge < -0.3 is 10.3 Å². The second kappa shape index (κ2) is 5.54. The summed E-state index contributed by atoms with van der Waals surface area (Å²) in [5.41, 5.74) is 1.10. The number of nitrogens with zero attached hydrogens (tertiary/aromatic N) is 2. The van der Waals surface area contributed by atoms with E-state index in [4.69, 9.17) is 0 Å². The fraction of sp³-hybridized carbons (Fsp3) is 0.462. The van der Waals surface area contributed by atoms with Crippen molar-refractivity contribution in [2.45, 2.75) is 39.8 Å². The van der Waals surface area contributed by atoms with Crippen LogP contribution in [-0.4, -0.2) is 17.9 Å². The van der Waals surface area contributed by atoms with Gasteiger partial charge in [-0.05, 0) is 17.6 Å². The fourth-order valence-corrected chi connectivity index (χ4v) is 1.26. The standard InChI is InChI=1S/C13H19N2/c1-10(2)14-13(15-11(3)4)12-8-6-5-7-9-12/h5-11H,1-4H3/q-1. The van der Waals surface area contributed by atoms with Gasteiger partial charge in [0.15, 0.2) is 0 Å². The molecule has 0 radical (unpaired) electrons. The first-order chi connectivity index (χ1) is 7.09. The van der Waals surface area contributed by atoms with Crippen LogP contribution in [0.5, 0.6) is 0 Å². The monoisotopic (exact) mass is 203 g/mol. The molecule has 0 bridgehead atoms. The van der Waals surface area contributed by atoms with Crippen molar-refractivity contribution in [3.63, 3.8) is 0 Å². The van der Waals surface area contributed by atoms with Crippen LogP contribution in [-0.2, 0) is 0 Å². The van der Waals surface area contributed by atoms with E-state index >= 15 is 0 Å². The molecule has 0 heterocycles. The summed E-state index contributed by atoms with van der Waals surface area (Å²) in [6.45, 7) is 8.27. The molecule has 1 rings (SSSR count). The third kappa shape index (κ3) is 4.15. The average Bonchev–Trinajstić information content (AvgIpc) is 2.17. The Labute approximate surface area is 92.4 Å². The fourth-order valence-electron chi connectivity index (χ4n) is 1.26. The van der Waals surface area contributed by atoms with Crippen molar-refractivity contribution in [3.8, 4) is 0 Å². The van der Waals surface area contributed by atoms with Gasteiger partial charge in [-0.1, -0.05) is 63.9 Å². The van der Waals surface area contributed by atoms with Gasteiger partial charge in [-0.3, -0.25) is 0 Å². The molecule has 0 aromatic heterocycles. The smallest absolute Gasteiger partial charge is 0.0271 e. The maximum atomic E-state index is 4.54. The van der Waals surface area contributed by atoms with Gasteiger partial charge in [0.25, 0.3) is 0 Å². The lowest BCUT2D eigenvalue weighted by Crippen LogP contribution is -2.08. The molecule has 0 N–H and O–H groups in total. The zero-order valence-corrected chi connectivity index (χ0v) is 9.94. The van der Waals surface area contributed by atoms with Crippen molar-refractivity contribution in [3.05, 3.63) is 41.2 Å². The van der Waals surface area contributed by atoms with Gasteiger partial charge in [0.1, 0.15) is 0 Å². The van der Waals surface area contributed by atoms with Crippen LogP contribution in [0.3, 0.4) is 0 Å². The molecule has 82 valence electrons. The Morgan fingerprint density at radius 1 is 1.07 bits per heavy atom. The van der Waals surface area contributed by atoms with Gasteiger partial charge >= 0.3 is 0 Å². The minimum atomic E-state index is 0.280. The SMILES string of the molecule is CC(C)N=C([N-]C(C)C)c1ccccc1. The summed E-state index contributed by atoms with van der Waals surface area (Å²) in [7, 11) is 0. The third-order valence-electron chi connectivity index (χ3n) is 1.79. The summed E-state index contributed by atoms with van der Waals surface area (Å²) in [6, 6.07) is 10.7. The second-order valence-corrected chi connectivity index (χ2v) is 4.14. The number of benzene rings is 1. The molecule has 15 heavy (non-hydrogen) atoms. The van der Waals surface area contributed by atoms with Crippen molar-refractivity contribution in [2.24, 2.45) is 4.99 Å². The zero-order chi connectivity index (χ0) is 11.3. The summed E-state index contributed by atoms with van der Waals surface area (Å²) in [5.74, 6) is 0.862. The Morgan fingerprint density at radius 3 is 2.13 bits per heavy atom. The van der Waals surface area contributed by atoms with Crippen LogP contribution >= 0.6 is 0 Å². The lowest BCUT2D eigenvalue weighted by atomic mass is 10.2. The highest BCUT2D eigenvalue weighted by molar-refractivity contribution is 6.08. The van der Waals surface area contributed by atoms with Gasteiger partial charge in [0, 0.05) is 0 Å². The Kier molecular flexibility index (Phi) is 4.35. The van der Waals surface area contributed by atoms with E-state index in [2.05, 4.69) is 38.0 Å². The molecule has 0 saturated carbocycles. The van der Waals surface area contributed by atoms with Crippen LogP contribution in [0.2, 0.25) is 0 Å². The highest BCUT2D eigenvalue weighted by Crippen LogP contribution is 2.11. The predicted octanol–water partition coefficient (Wildman–Crippen LogP) is 3.62. The van der Waals surface area contributed by atoms with Gasteiger partial charge in [-0.2, -0.15) is 0 Å². The summed E-state index contributed by atoms with van der Waals surface area (Å²) < 4.78 is 0. The second-order valence-electron chi connectivity index (χ2n) is 4.14. The van der Waals surface area contributed by atoms with Gasteiger partial charge in [0.05, 0.1) is 0 Å². The molecule has 0 spiro atoms. The summed E-state index contributed by atoms with van der Waals surface area (Å²) >= 11 is 0. The third-order valence-corrected chi connectivity index (χ3v) is 1.79. The Morgan fingerprint density at radius 2 is 1.67 bits per heavy atom. The van der Waals surface area contributed by atoms with Crippen LogP contribution in [0.1, 0.15) is 33.3 Å². The molecular weight excluding hydrogens is 184 g/mol. The number of rotatable bonds is 3. The lowest BCUT2D eigenvalue weighted by Gasteiger charge is -2.24. The van der Waals surface area contributed by atoms with Crippen molar-refractivity contribution < 1.29 is 0 Å². The lowest BCUT2D eigenvalue weighted by molar-refractivity contribution is 0.832. The number of aliphatic imine (C=N–C) groups is 1. The Balaban J connectivity index is 2.92. The van der Waals surface area contributed by atoms with E-state index in [1.165, 1.54) is 0 Å². The topological polar surface area (TPSA) is 26.5 Å². The van der Waals surface area contributed by atoms with Gasteiger partial charge in [0.2, 0.25) is 0 Å². The molecule has 2 heteroatoms. The Bertz CT molecular complexity index is 313. The number of hydrogen-bond acceptors (Lipinski definition) is 1. The molecule has 1 aromatic carbocycles. The molecule has 0 aliphatic carbocycles. The maximum absolute atomic E-state index is 4.54. The van der Waals surface area contributed by atoms with E-state index in [-0.39, 0.29) is 12.1 Å². The van der Waals surface area contributed by atoms with Crippen LogP contribution in [0.15, 0.2) is 35.3 Å². The van der Waals surface area contributed by atoms with E-state index in [0.29, 0.717) is 0 Å². The van der Waals surface area contributed by atoms with Crippen LogP contribution in [0.4, 0.5) is 0 Å². The molecule has 0 atom stereocenters. The minimum absolute atomic E-state index is 0.280. The number of amidine groups is 1. The first-order valence-electron chi connectivity index (χ1n) is 5.43. The van der Waals surface area contributed by atoms with Crippen molar-refractivity contribution in [2.75, 3.05) is 0 Å². The van der Waals surface area contributed by atoms with Crippen molar-refractivity contribution >= 4 is 5.84 Å². The molecular formula is C13H19N2-. The highest BCUT2D eigenvalue weighted by Gasteiger charge is 1.95. The zero-order valence-electron chi connectivity index (χ0n) is 9.94. The largest absolute Gasteiger partial charge is 0.462 e. The minimum Gasteiger partial charge on any atom is -0.462 e. The first-order valence-corrected chi connectivity index (χ1v) is 5.43. The summed E-state index contributed by atoms with van der Waals surface area (Å²) in [6.07, 6.45) is 0. The molecule has 1 aromatic rings. The van der Waals surface area contributed by atoms with E-state index < -0.39 is 0 Å². The number of hydrogen-bond donors (Lipinski definition) is 0. The predicted molar refractivity (Wildman–Crippen MR) is 66.6 cm³/mol. The maximum Gasteiger partial charge on any atom is -0.0271 e. The average molecular weight is 203 g/mol. The van der Waals surface area contributed by atoms with Crippen LogP contribution in [0, 0.1) is 0 Å². The first kappa shape index (κ1) is 11.8. The molecule has 0 unspecified atom stereocenters. The van der Waals surface area contributed by atoms with Crippen molar-refractivity contribution in [1.82, 2.24) is 0 Å².